The minimum absolute atomic E-state index is 0.154. The van der Waals surface area contributed by atoms with Crippen LogP contribution in [0.15, 0.2) is 60.7 Å². The molecule has 5 nitrogen and oxygen atoms in total. The summed E-state index contributed by atoms with van der Waals surface area (Å²) in [6, 6.07) is 18.8. The smallest absolute Gasteiger partial charge is 0.235 e. The summed E-state index contributed by atoms with van der Waals surface area (Å²) in [4.78, 5) is 29.3. The highest BCUT2D eigenvalue weighted by atomic mass is 16.3. The first-order valence-electron chi connectivity index (χ1n) is 8.98. The fourth-order valence-corrected chi connectivity index (χ4v) is 4.14. The monoisotopic (exact) mass is 350 g/mol. The molecule has 0 spiro atoms. The van der Waals surface area contributed by atoms with Gasteiger partial charge in [-0.05, 0) is 11.1 Å². The van der Waals surface area contributed by atoms with E-state index in [-0.39, 0.29) is 30.3 Å². The number of aliphatic hydroxyl groups excluding tert-OH is 1. The molecule has 0 radical (unpaired) electrons. The van der Waals surface area contributed by atoms with E-state index in [1.54, 1.807) is 0 Å². The maximum Gasteiger partial charge on any atom is 0.235 e. The molecule has 2 amide bonds. The third-order valence-corrected chi connectivity index (χ3v) is 5.42. The molecule has 1 N–H and O–H groups in total. The van der Waals surface area contributed by atoms with Crippen LogP contribution in [0.1, 0.15) is 17.2 Å². The fraction of sp³-hybridized carbons (Fsp3) is 0.333. The molecule has 0 saturated carbocycles. The average molecular weight is 350 g/mol. The van der Waals surface area contributed by atoms with E-state index in [9.17, 15) is 14.7 Å². The Hall–Kier alpha value is -2.50. The number of carbonyl (C=O) groups excluding carboxylic acids is 2. The van der Waals surface area contributed by atoms with E-state index in [4.69, 9.17) is 0 Å². The first-order chi connectivity index (χ1) is 12.7. The van der Waals surface area contributed by atoms with Gasteiger partial charge in [-0.3, -0.25) is 19.4 Å². The van der Waals surface area contributed by atoms with Crippen molar-refractivity contribution < 1.29 is 14.7 Å². The number of likely N-dealkylation sites (tertiary alicyclic amines) is 2. The molecular formula is C21H22N2O3. The third kappa shape index (κ3) is 2.93. The van der Waals surface area contributed by atoms with Gasteiger partial charge in [-0.25, -0.2) is 0 Å². The molecule has 0 aliphatic carbocycles. The molecule has 5 heteroatoms. The predicted octanol–water partition coefficient (Wildman–Crippen LogP) is 1.84. The van der Waals surface area contributed by atoms with Crippen LogP contribution in [0.2, 0.25) is 0 Å². The Labute approximate surface area is 152 Å². The molecule has 3 atom stereocenters. The standard InChI is InChI=1S/C21H22N2O3/c24-14-19(16-9-5-2-6-10-16)23-20(25)17-12-22(13-18(17)21(23)26)11-15-7-3-1-4-8-15/h1-10,17-19,24H,11-14H2/t17-,18+,19-/m1/s1. The second kappa shape index (κ2) is 7.02. The normalized spacial score (nSPS) is 24.1. The van der Waals surface area contributed by atoms with E-state index >= 15 is 0 Å². The quantitative estimate of drug-likeness (QED) is 0.836. The van der Waals surface area contributed by atoms with Gasteiger partial charge < -0.3 is 5.11 Å². The van der Waals surface area contributed by atoms with Crippen LogP contribution in [0, 0.1) is 11.8 Å². The fourth-order valence-electron chi connectivity index (χ4n) is 4.14. The molecule has 2 fully saturated rings. The molecular weight excluding hydrogens is 328 g/mol. The van der Waals surface area contributed by atoms with Crippen LogP contribution in [0.4, 0.5) is 0 Å². The predicted molar refractivity (Wildman–Crippen MR) is 96.8 cm³/mol. The molecule has 2 saturated heterocycles. The number of carbonyl (C=O) groups is 2. The van der Waals surface area contributed by atoms with Crippen LogP contribution >= 0.6 is 0 Å². The van der Waals surface area contributed by atoms with Crippen LogP contribution < -0.4 is 0 Å². The zero-order valence-electron chi connectivity index (χ0n) is 14.5. The number of imide groups is 1. The van der Waals surface area contributed by atoms with Crippen molar-refractivity contribution >= 4 is 11.8 Å². The highest BCUT2D eigenvalue weighted by Gasteiger charge is 2.54. The zero-order valence-corrected chi connectivity index (χ0v) is 14.5. The summed E-state index contributed by atoms with van der Waals surface area (Å²) in [5.74, 6) is -0.912. The van der Waals surface area contributed by atoms with Gasteiger partial charge in [-0.2, -0.15) is 0 Å². The van der Waals surface area contributed by atoms with E-state index in [1.165, 1.54) is 10.5 Å². The van der Waals surface area contributed by atoms with Crippen LogP contribution in [0.5, 0.6) is 0 Å². The van der Waals surface area contributed by atoms with Crippen molar-refractivity contribution in [2.75, 3.05) is 19.7 Å². The summed E-state index contributed by atoms with van der Waals surface area (Å²) in [7, 11) is 0. The molecule has 26 heavy (non-hydrogen) atoms. The van der Waals surface area contributed by atoms with Crippen molar-refractivity contribution in [1.82, 2.24) is 9.80 Å². The van der Waals surface area contributed by atoms with Gasteiger partial charge in [0.2, 0.25) is 11.8 Å². The van der Waals surface area contributed by atoms with Crippen molar-refractivity contribution in [3.05, 3.63) is 71.8 Å². The summed E-state index contributed by atoms with van der Waals surface area (Å²) in [5, 5.41) is 9.83. The van der Waals surface area contributed by atoms with Crippen molar-refractivity contribution in [3.63, 3.8) is 0 Å². The number of hydrogen-bond acceptors (Lipinski definition) is 4. The molecule has 4 rings (SSSR count). The molecule has 2 aliphatic rings. The van der Waals surface area contributed by atoms with E-state index in [1.807, 2.05) is 48.5 Å². The Balaban J connectivity index is 1.50. The van der Waals surface area contributed by atoms with Crippen LogP contribution in [-0.2, 0) is 16.1 Å². The minimum Gasteiger partial charge on any atom is -0.394 e. The maximum atomic E-state index is 12.9. The van der Waals surface area contributed by atoms with E-state index < -0.39 is 6.04 Å². The zero-order chi connectivity index (χ0) is 18.1. The second-order valence-electron chi connectivity index (χ2n) is 7.05. The first-order valence-corrected chi connectivity index (χ1v) is 8.98. The number of fused-ring (bicyclic) bond motifs is 1. The van der Waals surface area contributed by atoms with E-state index in [2.05, 4.69) is 17.0 Å². The Kier molecular flexibility index (Phi) is 4.57. The number of amides is 2. The lowest BCUT2D eigenvalue weighted by Crippen LogP contribution is -2.40. The summed E-state index contributed by atoms with van der Waals surface area (Å²) >= 11 is 0. The topological polar surface area (TPSA) is 60.9 Å². The number of nitrogens with zero attached hydrogens (tertiary/aromatic N) is 2. The minimum atomic E-state index is -0.593. The summed E-state index contributed by atoms with van der Waals surface area (Å²) in [5.41, 5.74) is 1.97. The molecule has 2 heterocycles. The summed E-state index contributed by atoms with van der Waals surface area (Å²) < 4.78 is 0. The number of aliphatic hydroxyl groups is 1. The lowest BCUT2D eigenvalue weighted by molar-refractivity contribution is -0.144. The lowest BCUT2D eigenvalue weighted by atomic mass is 10.00. The number of rotatable bonds is 5. The lowest BCUT2D eigenvalue weighted by Gasteiger charge is -2.27. The first kappa shape index (κ1) is 16.9. The largest absolute Gasteiger partial charge is 0.394 e. The molecule has 2 aromatic carbocycles. The van der Waals surface area contributed by atoms with Crippen LogP contribution in [0.25, 0.3) is 0 Å². The Morgan fingerprint density at radius 1 is 0.885 bits per heavy atom. The van der Waals surface area contributed by atoms with Gasteiger partial charge in [-0.1, -0.05) is 60.7 Å². The third-order valence-electron chi connectivity index (χ3n) is 5.42. The molecule has 134 valence electrons. The van der Waals surface area contributed by atoms with Gasteiger partial charge in [0.15, 0.2) is 0 Å². The van der Waals surface area contributed by atoms with Gasteiger partial charge in [0, 0.05) is 19.6 Å². The molecule has 2 aliphatic heterocycles. The Morgan fingerprint density at radius 2 is 1.42 bits per heavy atom. The molecule has 2 aromatic rings. The van der Waals surface area contributed by atoms with Gasteiger partial charge in [0.25, 0.3) is 0 Å². The van der Waals surface area contributed by atoms with Crippen molar-refractivity contribution in [1.29, 1.82) is 0 Å². The van der Waals surface area contributed by atoms with E-state index in [0.717, 1.165) is 12.1 Å². The van der Waals surface area contributed by atoms with Crippen molar-refractivity contribution in [2.45, 2.75) is 12.6 Å². The summed E-state index contributed by atoms with van der Waals surface area (Å²) in [6.45, 7) is 1.67. The molecule has 0 aromatic heterocycles. The Morgan fingerprint density at radius 3 is 1.96 bits per heavy atom. The highest BCUT2D eigenvalue weighted by Crippen LogP contribution is 2.38. The Bertz CT molecular complexity index is 769. The molecule has 0 bridgehead atoms. The average Bonchev–Trinajstić information content (AvgIpc) is 3.18. The SMILES string of the molecule is O=C1[C@H]2CN(Cc3ccccc3)C[C@H]2C(=O)N1[C@H](CO)c1ccccc1. The van der Waals surface area contributed by atoms with Crippen molar-refractivity contribution in [3.8, 4) is 0 Å². The van der Waals surface area contributed by atoms with Gasteiger partial charge in [0.1, 0.15) is 0 Å². The number of hydrogen-bond donors (Lipinski definition) is 1. The van der Waals surface area contributed by atoms with Crippen molar-refractivity contribution in [2.24, 2.45) is 11.8 Å². The maximum absolute atomic E-state index is 12.9. The highest BCUT2D eigenvalue weighted by molar-refractivity contribution is 6.06. The van der Waals surface area contributed by atoms with Crippen LogP contribution in [-0.4, -0.2) is 46.4 Å². The van der Waals surface area contributed by atoms with Gasteiger partial charge >= 0.3 is 0 Å². The second-order valence-corrected chi connectivity index (χ2v) is 7.05. The molecule has 0 unspecified atom stereocenters. The van der Waals surface area contributed by atoms with E-state index in [0.29, 0.717) is 13.1 Å². The summed E-state index contributed by atoms with van der Waals surface area (Å²) in [6.07, 6.45) is 0. The van der Waals surface area contributed by atoms with Gasteiger partial charge in [0.05, 0.1) is 24.5 Å². The number of benzene rings is 2. The van der Waals surface area contributed by atoms with Crippen LogP contribution in [0.3, 0.4) is 0 Å². The van der Waals surface area contributed by atoms with Gasteiger partial charge in [-0.15, -0.1) is 0 Å².